The van der Waals surface area contributed by atoms with Gasteiger partial charge in [0.15, 0.2) is 0 Å². The Morgan fingerprint density at radius 3 is 1.78 bits per heavy atom. The third-order valence-electron chi connectivity index (χ3n) is 5.13. The average molecular weight is 739 g/mol. The Balaban J connectivity index is 2.90. The van der Waals surface area contributed by atoms with E-state index in [-0.39, 0.29) is 26.4 Å². The molecule has 1 fully saturated rings. The Morgan fingerprint density at radius 1 is 0.917 bits per heavy atom. The molecule has 2 amide bonds. The van der Waals surface area contributed by atoms with E-state index in [1.54, 1.807) is 14.7 Å². The number of carboxylic acids is 2. The number of amides is 2. The van der Waals surface area contributed by atoms with Crippen LogP contribution in [0.3, 0.4) is 0 Å². The van der Waals surface area contributed by atoms with Gasteiger partial charge in [0.2, 0.25) is 0 Å². The summed E-state index contributed by atoms with van der Waals surface area (Å²) in [5.41, 5.74) is 5.77. The minimum absolute atomic E-state index is 0.00244. The van der Waals surface area contributed by atoms with Crippen LogP contribution in [0.25, 0.3) is 0 Å². The monoisotopic (exact) mass is 739 g/mol. The number of carbonyl (C=O) groups is 5. The van der Waals surface area contributed by atoms with E-state index in [0.29, 0.717) is 58.8 Å². The van der Waals surface area contributed by atoms with Crippen LogP contribution >= 0.6 is 22.4 Å². The summed E-state index contributed by atoms with van der Waals surface area (Å²) in [6.07, 6.45) is -1.19. The van der Waals surface area contributed by atoms with Gasteiger partial charge in [-0.05, 0) is 0 Å². The first kappa shape index (κ1) is 32.7. The number of rotatable bonds is 13. The van der Waals surface area contributed by atoms with Crippen LogP contribution in [-0.2, 0) is 28.7 Å². The van der Waals surface area contributed by atoms with Crippen molar-refractivity contribution in [3.8, 4) is 0 Å². The second kappa shape index (κ2) is 18.8. The molecule has 1 radical (unpaired) electrons. The first-order valence-corrected chi connectivity index (χ1v) is 14.5. The topological polar surface area (TPSA) is 198 Å². The number of nitrogens with two attached hydrogens (primary N) is 1. The molecule has 0 spiro atoms. The van der Waals surface area contributed by atoms with Gasteiger partial charge in [0.25, 0.3) is 6.47 Å². The molecule has 36 heavy (non-hydrogen) atoms. The van der Waals surface area contributed by atoms with Gasteiger partial charge in [-0.15, -0.1) is 0 Å². The summed E-state index contributed by atoms with van der Waals surface area (Å²) in [5, 5.41) is 21.0. The van der Waals surface area contributed by atoms with Crippen molar-refractivity contribution in [1.29, 1.82) is 0 Å². The van der Waals surface area contributed by atoms with E-state index in [2.05, 4.69) is 8.85 Å². The van der Waals surface area contributed by atoms with E-state index in [1.807, 2.05) is 30.3 Å². The molecule has 18 heteroatoms. The number of nitrogens with one attached hydrogen (secondary N) is 2. The quantitative estimate of drug-likeness (QED) is 0.0394. The number of carboxylic acid groups (broad SMARTS) is 2. The Hall–Kier alpha value is -1.33. The molecule has 0 aliphatic carbocycles. The van der Waals surface area contributed by atoms with Gasteiger partial charge >= 0.3 is 192 Å². The summed E-state index contributed by atoms with van der Waals surface area (Å²) in [7, 11) is 0. The molecule has 1 atom stereocenters. The molecule has 0 bridgehead atoms. The fraction of sp³-hybridized carbons (Fsp3) is 0.722. The van der Waals surface area contributed by atoms with Crippen molar-refractivity contribution in [2.45, 2.75) is 6.17 Å². The molecule has 1 rings (SSSR count). The molecule has 0 aromatic heterocycles. The number of hydrogen-bond donors (Lipinski definition) is 5. The molecule has 1 heterocycles. The van der Waals surface area contributed by atoms with Crippen LogP contribution in [0.4, 0.5) is 0 Å². The van der Waals surface area contributed by atoms with Crippen molar-refractivity contribution in [3.05, 3.63) is 0 Å². The number of hydrogen-bond acceptors (Lipinski definition) is 11. The third-order valence-corrected chi connectivity index (χ3v) is 7.79. The molecule has 205 valence electrons. The van der Waals surface area contributed by atoms with Gasteiger partial charge in [-0.1, -0.05) is 0 Å². The van der Waals surface area contributed by atoms with E-state index in [1.165, 1.54) is 0 Å². The summed E-state index contributed by atoms with van der Waals surface area (Å²) < 4.78 is 9.34. The number of halogens is 2. The second-order valence-electron chi connectivity index (χ2n) is 7.82. The van der Waals surface area contributed by atoms with E-state index < -0.39 is 51.2 Å². The number of aliphatic carboxylic acids is 2. The van der Waals surface area contributed by atoms with Gasteiger partial charge in [-0.2, -0.15) is 0 Å². The number of nitrogens with zero attached hydrogens (tertiary/aromatic N) is 4. The maximum absolute atomic E-state index is 12.6. The first-order chi connectivity index (χ1) is 17.1. The van der Waals surface area contributed by atoms with Crippen LogP contribution in [-0.4, -0.2) is 148 Å². The number of carbonyl (C=O) groups excluding carboxylic acids is 3. The van der Waals surface area contributed by atoms with E-state index in [9.17, 15) is 34.2 Å². The minimum atomic E-state index is -1.19. The van der Waals surface area contributed by atoms with Crippen LogP contribution in [0.2, 0.25) is 0 Å². The van der Waals surface area contributed by atoms with Gasteiger partial charge in [0.05, 0.1) is 6.54 Å². The van der Waals surface area contributed by atoms with Crippen LogP contribution < -0.4 is 35.8 Å². The molecule has 1 unspecified atom stereocenters. The summed E-state index contributed by atoms with van der Waals surface area (Å²) >= 11 is 1.37. The molecule has 1 aliphatic heterocycles. The predicted octanol–water partition coefficient (Wildman–Crippen LogP) is -7.00. The van der Waals surface area contributed by atoms with Crippen molar-refractivity contribution in [3.63, 3.8) is 0 Å². The van der Waals surface area contributed by atoms with Crippen molar-refractivity contribution in [1.82, 2.24) is 28.4 Å². The standard InChI is InChI=1S/C18H32BI2N7O8/c20-19-21-24-18(35)17(22)23-14(30)9-25-1-2-26(10-15(31)32)3-4-27(11-16(33)34)6-8-28(7-5-25)12-36-13-29/h13,17H,1-12,22H2,(H,23,30)(H,24,35)(H,31,32)(H,33,34)/q-1. The molecule has 0 saturated carbocycles. The van der Waals surface area contributed by atoms with Crippen molar-refractivity contribution < 1.29 is 60.2 Å². The summed E-state index contributed by atoms with van der Waals surface area (Å²) in [6, 6.07) is 0. The van der Waals surface area contributed by atoms with Gasteiger partial charge in [-0.3, -0.25) is 19.3 Å². The van der Waals surface area contributed by atoms with Crippen LogP contribution in [0.1, 0.15) is 0 Å². The molecule has 15 nitrogen and oxygen atoms in total. The fourth-order valence-corrected chi connectivity index (χ4v) is 4.87. The summed E-state index contributed by atoms with van der Waals surface area (Å²) in [6.45, 7) is 2.59. The van der Waals surface area contributed by atoms with Crippen LogP contribution in [0.5, 0.6) is 0 Å². The van der Waals surface area contributed by atoms with Crippen molar-refractivity contribution >= 4 is 55.6 Å². The first-order valence-electron chi connectivity index (χ1n) is 10.9. The van der Waals surface area contributed by atoms with E-state index in [4.69, 9.17) is 10.5 Å². The fourth-order valence-electron chi connectivity index (χ4n) is 3.32. The Kier molecular flexibility index (Phi) is 17.1. The van der Waals surface area contributed by atoms with Crippen LogP contribution in [0.15, 0.2) is 0 Å². The van der Waals surface area contributed by atoms with Gasteiger partial charge in [0.1, 0.15) is 0 Å². The zero-order valence-electron chi connectivity index (χ0n) is 19.7. The van der Waals surface area contributed by atoms with E-state index >= 15 is 0 Å². The molecular formula is C18H32BI2N7O8-. The zero-order valence-corrected chi connectivity index (χ0v) is 24.0. The Morgan fingerprint density at radius 2 is 1.36 bits per heavy atom. The van der Waals surface area contributed by atoms with Crippen molar-refractivity contribution in [2.24, 2.45) is 5.73 Å². The molecule has 0 aromatic rings. The number of ether oxygens (including phenoxy) is 1. The molecule has 1 saturated heterocycles. The van der Waals surface area contributed by atoms with Crippen LogP contribution in [0, 0.1) is 0 Å². The third kappa shape index (κ3) is 15.0. The summed E-state index contributed by atoms with van der Waals surface area (Å²) in [4.78, 5) is 64.8. The normalized spacial score (nSPS) is 18.3. The molecule has 6 N–H and O–H groups in total. The van der Waals surface area contributed by atoms with Gasteiger partial charge in [-0.25, -0.2) is 0 Å². The SMILES string of the molecule is NC(NC(=O)CN1CCN(COC=O)CCN(CC(=O)O)CCN(CC(=O)O)CC1)C(=O)N[I-][B]I. The molecular weight excluding hydrogens is 707 g/mol. The van der Waals surface area contributed by atoms with Gasteiger partial charge in [0, 0.05) is 0 Å². The Labute approximate surface area is 233 Å². The van der Waals surface area contributed by atoms with Gasteiger partial charge < -0.3 is 10.2 Å². The van der Waals surface area contributed by atoms with Crippen molar-refractivity contribution in [2.75, 3.05) is 78.7 Å². The maximum atomic E-state index is 12.6. The summed E-state index contributed by atoms with van der Waals surface area (Å²) in [5.74, 6) is -2.96. The second-order valence-corrected chi connectivity index (χ2v) is 12.6. The molecule has 1 aliphatic rings. The van der Waals surface area contributed by atoms with E-state index in [0.717, 1.165) is 0 Å². The Bertz CT molecular complexity index is 742. The predicted molar refractivity (Wildman–Crippen MR) is 132 cm³/mol. The zero-order chi connectivity index (χ0) is 26.9. The average Bonchev–Trinajstić information content (AvgIpc) is 2.81. The molecule has 0 aromatic carbocycles.